The average Bonchev–Trinajstić information content (AvgIpc) is 2.09. The van der Waals surface area contributed by atoms with E-state index in [1.54, 1.807) is 13.1 Å². The van der Waals surface area contributed by atoms with Gasteiger partial charge in [-0.05, 0) is 12.1 Å². The molecule has 1 rings (SSSR count). The zero-order chi connectivity index (χ0) is 10.1. The van der Waals surface area contributed by atoms with Crippen LogP contribution in [0.15, 0.2) is 18.2 Å². The Balaban J connectivity index is 3.10. The van der Waals surface area contributed by atoms with Crippen LogP contribution in [0.4, 0.5) is 8.78 Å². The molecular formula is C10H12F2N-. The molecule has 0 saturated heterocycles. The Morgan fingerprint density at radius 2 is 1.77 bits per heavy atom. The fourth-order valence-electron chi connectivity index (χ4n) is 1.01. The normalized spacial score (nSPS) is 11.8. The number of hydrogen-bond donors (Lipinski definition) is 0. The lowest BCUT2D eigenvalue weighted by Crippen LogP contribution is -2.14. The van der Waals surface area contributed by atoms with E-state index in [-0.39, 0.29) is 0 Å². The maximum Gasteiger partial charge on any atom is 0.159 e. The van der Waals surface area contributed by atoms with Crippen molar-refractivity contribution in [3.05, 3.63) is 40.7 Å². The maximum atomic E-state index is 12.8. The highest BCUT2D eigenvalue weighted by atomic mass is 19.2. The van der Waals surface area contributed by atoms with E-state index in [9.17, 15) is 8.78 Å². The monoisotopic (exact) mass is 184 g/mol. The molecule has 0 aliphatic rings. The van der Waals surface area contributed by atoms with Crippen molar-refractivity contribution in [2.24, 2.45) is 0 Å². The molecule has 0 amide bonds. The van der Waals surface area contributed by atoms with Crippen molar-refractivity contribution in [1.29, 1.82) is 0 Å². The van der Waals surface area contributed by atoms with E-state index >= 15 is 0 Å². The summed E-state index contributed by atoms with van der Waals surface area (Å²) in [5.74, 6) is -1.65. The number of rotatable bonds is 2. The van der Waals surface area contributed by atoms with Crippen molar-refractivity contribution in [2.75, 3.05) is 7.05 Å². The predicted molar refractivity (Wildman–Crippen MR) is 48.7 cm³/mol. The van der Waals surface area contributed by atoms with Gasteiger partial charge in [0.2, 0.25) is 0 Å². The van der Waals surface area contributed by atoms with E-state index in [1.807, 2.05) is 13.8 Å². The minimum absolute atomic E-state index is 0.464. The van der Waals surface area contributed by atoms with Crippen molar-refractivity contribution in [2.45, 2.75) is 19.4 Å². The van der Waals surface area contributed by atoms with Crippen LogP contribution in [-0.2, 0) is 5.54 Å². The Bertz CT molecular complexity index is 308. The number of nitrogens with zero attached hydrogens (tertiary/aromatic N) is 1. The molecule has 0 fully saturated rings. The summed E-state index contributed by atoms with van der Waals surface area (Å²) in [6.07, 6.45) is 0. The van der Waals surface area contributed by atoms with Gasteiger partial charge in [-0.1, -0.05) is 25.5 Å². The second-order valence-electron chi connectivity index (χ2n) is 3.41. The Labute approximate surface area is 76.8 Å². The molecule has 0 spiro atoms. The van der Waals surface area contributed by atoms with Crippen LogP contribution >= 0.6 is 0 Å². The predicted octanol–water partition coefficient (Wildman–Crippen LogP) is 3.20. The van der Waals surface area contributed by atoms with Gasteiger partial charge in [0.25, 0.3) is 0 Å². The van der Waals surface area contributed by atoms with Gasteiger partial charge >= 0.3 is 0 Å². The number of halogens is 2. The lowest BCUT2D eigenvalue weighted by molar-refractivity contribution is 0.502. The molecule has 72 valence electrons. The van der Waals surface area contributed by atoms with Gasteiger partial charge in [0.15, 0.2) is 11.6 Å². The molecule has 13 heavy (non-hydrogen) atoms. The Morgan fingerprint density at radius 3 is 2.23 bits per heavy atom. The molecule has 3 heteroatoms. The highest BCUT2D eigenvalue weighted by Crippen LogP contribution is 2.28. The SMILES string of the molecule is C[N-]C(C)(C)c1ccc(F)c(F)c1. The standard InChI is InChI=1S/C10H12F2N/c1-10(2,13-3)7-4-5-8(11)9(12)6-7/h4-6H,1-3H3/q-1. The first-order chi connectivity index (χ1) is 5.97. The van der Waals surface area contributed by atoms with Gasteiger partial charge in [0.05, 0.1) is 0 Å². The molecule has 0 aromatic heterocycles. The largest absolute Gasteiger partial charge is 0.656 e. The third-order valence-corrected chi connectivity index (χ3v) is 2.19. The minimum Gasteiger partial charge on any atom is -0.656 e. The van der Waals surface area contributed by atoms with Gasteiger partial charge in [-0.3, -0.25) is 0 Å². The minimum atomic E-state index is -0.825. The van der Waals surface area contributed by atoms with E-state index in [0.29, 0.717) is 5.56 Å². The summed E-state index contributed by atoms with van der Waals surface area (Å²) in [7, 11) is 1.65. The van der Waals surface area contributed by atoms with Crippen molar-refractivity contribution < 1.29 is 8.78 Å². The fourth-order valence-corrected chi connectivity index (χ4v) is 1.01. The Kier molecular flexibility index (Phi) is 2.66. The number of hydrogen-bond acceptors (Lipinski definition) is 0. The highest BCUT2D eigenvalue weighted by Gasteiger charge is 2.11. The van der Waals surface area contributed by atoms with Gasteiger partial charge in [0.1, 0.15) is 0 Å². The van der Waals surface area contributed by atoms with E-state index < -0.39 is 17.2 Å². The van der Waals surface area contributed by atoms with Crippen LogP contribution in [0.5, 0.6) is 0 Å². The Hall–Kier alpha value is -0.960. The fraction of sp³-hybridized carbons (Fsp3) is 0.400. The van der Waals surface area contributed by atoms with E-state index in [1.165, 1.54) is 6.07 Å². The maximum absolute atomic E-state index is 12.8. The summed E-state index contributed by atoms with van der Waals surface area (Å²) in [4.78, 5) is 0. The van der Waals surface area contributed by atoms with Gasteiger partial charge in [-0.25, -0.2) is 8.78 Å². The molecule has 0 atom stereocenters. The van der Waals surface area contributed by atoms with Gasteiger partial charge < -0.3 is 5.32 Å². The van der Waals surface area contributed by atoms with Crippen LogP contribution in [-0.4, -0.2) is 7.05 Å². The highest BCUT2D eigenvalue weighted by molar-refractivity contribution is 5.28. The van der Waals surface area contributed by atoms with Crippen molar-refractivity contribution >= 4 is 0 Å². The smallest absolute Gasteiger partial charge is 0.159 e. The van der Waals surface area contributed by atoms with Crippen LogP contribution in [0, 0.1) is 11.6 Å². The summed E-state index contributed by atoms with van der Waals surface area (Å²) in [6.45, 7) is 3.69. The molecule has 0 unspecified atom stereocenters. The topological polar surface area (TPSA) is 14.1 Å². The molecule has 0 aliphatic carbocycles. The van der Waals surface area contributed by atoms with Crippen LogP contribution in [0.1, 0.15) is 19.4 Å². The number of benzene rings is 1. The summed E-state index contributed by atoms with van der Waals surface area (Å²) in [5, 5.41) is 4.07. The molecule has 0 radical (unpaired) electrons. The second kappa shape index (κ2) is 3.42. The quantitative estimate of drug-likeness (QED) is 0.670. The Morgan fingerprint density at radius 1 is 1.15 bits per heavy atom. The molecule has 0 bridgehead atoms. The molecule has 0 N–H and O–H groups in total. The summed E-state index contributed by atoms with van der Waals surface area (Å²) in [5.41, 5.74) is 0.211. The molecule has 0 heterocycles. The van der Waals surface area contributed by atoms with Gasteiger partial charge in [-0.2, -0.15) is 7.05 Å². The lowest BCUT2D eigenvalue weighted by Gasteiger charge is -2.38. The second-order valence-corrected chi connectivity index (χ2v) is 3.41. The zero-order valence-corrected chi connectivity index (χ0v) is 7.94. The third kappa shape index (κ3) is 2.04. The lowest BCUT2D eigenvalue weighted by atomic mass is 9.94. The van der Waals surface area contributed by atoms with Gasteiger partial charge in [-0.15, -0.1) is 5.54 Å². The first-order valence-electron chi connectivity index (χ1n) is 4.04. The third-order valence-electron chi connectivity index (χ3n) is 2.19. The van der Waals surface area contributed by atoms with E-state index in [2.05, 4.69) is 5.32 Å². The summed E-state index contributed by atoms with van der Waals surface area (Å²) >= 11 is 0. The van der Waals surface area contributed by atoms with Crippen LogP contribution in [0.2, 0.25) is 0 Å². The zero-order valence-electron chi connectivity index (χ0n) is 7.94. The molecule has 1 nitrogen and oxygen atoms in total. The molecule has 0 aliphatic heterocycles. The van der Waals surface area contributed by atoms with Crippen molar-refractivity contribution in [3.8, 4) is 0 Å². The van der Waals surface area contributed by atoms with Crippen LogP contribution in [0.3, 0.4) is 0 Å². The first kappa shape index (κ1) is 10.1. The van der Waals surface area contributed by atoms with Crippen LogP contribution < -0.4 is 0 Å². The van der Waals surface area contributed by atoms with Crippen molar-refractivity contribution in [3.63, 3.8) is 0 Å². The van der Waals surface area contributed by atoms with Crippen LogP contribution in [0.25, 0.3) is 5.32 Å². The molecule has 0 saturated carbocycles. The summed E-state index contributed by atoms with van der Waals surface area (Å²) < 4.78 is 25.4. The van der Waals surface area contributed by atoms with Gasteiger partial charge in [0, 0.05) is 0 Å². The first-order valence-corrected chi connectivity index (χ1v) is 4.04. The average molecular weight is 184 g/mol. The molecule has 1 aromatic carbocycles. The molecular weight excluding hydrogens is 172 g/mol. The van der Waals surface area contributed by atoms with Crippen molar-refractivity contribution in [1.82, 2.24) is 0 Å². The molecule has 1 aromatic rings. The summed E-state index contributed by atoms with van der Waals surface area (Å²) in [6, 6.07) is 3.85. The van der Waals surface area contributed by atoms with E-state index in [4.69, 9.17) is 0 Å². The van der Waals surface area contributed by atoms with E-state index in [0.717, 1.165) is 6.07 Å².